The lowest BCUT2D eigenvalue weighted by Gasteiger charge is -2.46. The molecule has 1 saturated heterocycles. The van der Waals surface area contributed by atoms with E-state index in [1.54, 1.807) is 0 Å². The Kier molecular flexibility index (Phi) is 3.24. The van der Waals surface area contributed by atoms with Crippen molar-refractivity contribution in [2.45, 2.75) is 60.4 Å². The van der Waals surface area contributed by atoms with E-state index in [0.29, 0.717) is 12.3 Å². The Morgan fingerprint density at radius 2 is 1.75 bits per heavy atom. The third kappa shape index (κ3) is 1.90. The minimum absolute atomic E-state index is 0.0704. The first-order valence-electron chi connectivity index (χ1n) is 6.12. The maximum absolute atomic E-state index is 12.1. The van der Waals surface area contributed by atoms with Crippen molar-refractivity contribution in [2.24, 2.45) is 11.3 Å². The molecule has 16 heavy (non-hydrogen) atoms. The maximum atomic E-state index is 12.1. The SMILES string of the molecule is C/C=C1/C(C)CC(=O)N1C(C)(C)C(C)(C)C. The van der Waals surface area contributed by atoms with Crippen LogP contribution in [-0.4, -0.2) is 16.3 Å². The summed E-state index contributed by atoms with van der Waals surface area (Å²) in [5.74, 6) is 0.625. The lowest BCUT2D eigenvalue weighted by molar-refractivity contribution is -0.134. The summed E-state index contributed by atoms with van der Waals surface area (Å²) >= 11 is 0. The Balaban J connectivity index is 3.17. The molecule has 1 atom stereocenters. The fraction of sp³-hybridized carbons (Fsp3) is 0.786. The summed E-state index contributed by atoms with van der Waals surface area (Å²) in [6, 6.07) is 0. The number of rotatable bonds is 1. The van der Waals surface area contributed by atoms with Crippen LogP contribution in [0.4, 0.5) is 0 Å². The van der Waals surface area contributed by atoms with E-state index in [-0.39, 0.29) is 16.9 Å². The maximum Gasteiger partial charge on any atom is 0.227 e. The molecule has 0 aromatic rings. The summed E-state index contributed by atoms with van der Waals surface area (Å²) in [5, 5.41) is 0. The zero-order valence-electron chi connectivity index (χ0n) is 11.7. The molecule has 0 bridgehead atoms. The molecule has 0 aromatic carbocycles. The number of carbonyl (C=O) groups excluding carboxylic acids is 1. The molecule has 1 heterocycles. The average molecular weight is 223 g/mol. The lowest BCUT2D eigenvalue weighted by atomic mass is 9.75. The van der Waals surface area contributed by atoms with E-state index in [1.807, 2.05) is 11.8 Å². The van der Waals surface area contributed by atoms with E-state index in [0.717, 1.165) is 0 Å². The van der Waals surface area contributed by atoms with E-state index < -0.39 is 0 Å². The summed E-state index contributed by atoms with van der Waals surface area (Å²) in [5.41, 5.74) is 1.11. The molecule has 1 aliphatic rings. The molecule has 1 aliphatic heterocycles. The van der Waals surface area contributed by atoms with Crippen LogP contribution in [-0.2, 0) is 4.79 Å². The Bertz CT molecular complexity index is 320. The van der Waals surface area contributed by atoms with Gasteiger partial charge < -0.3 is 4.90 Å². The van der Waals surface area contributed by atoms with Crippen LogP contribution >= 0.6 is 0 Å². The summed E-state index contributed by atoms with van der Waals surface area (Å²) in [6.07, 6.45) is 2.74. The highest BCUT2D eigenvalue weighted by Gasteiger charge is 2.46. The molecule has 2 nitrogen and oxygen atoms in total. The molecule has 1 rings (SSSR count). The number of amides is 1. The van der Waals surface area contributed by atoms with E-state index in [4.69, 9.17) is 0 Å². The molecule has 0 aromatic heterocycles. The quantitative estimate of drug-likeness (QED) is 0.665. The van der Waals surface area contributed by atoms with Crippen molar-refractivity contribution in [3.63, 3.8) is 0 Å². The van der Waals surface area contributed by atoms with E-state index >= 15 is 0 Å². The summed E-state index contributed by atoms with van der Waals surface area (Å²) in [6.45, 7) is 15.0. The second-order valence-corrected chi connectivity index (χ2v) is 6.36. The van der Waals surface area contributed by atoms with Crippen LogP contribution in [0.15, 0.2) is 11.8 Å². The van der Waals surface area contributed by atoms with Gasteiger partial charge in [0.15, 0.2) is 0 Å². The van der Waals surface area contributed by atoms with Crippen molar-refractivity contribution >= 4 is 5.91 Å². The monoisotopic (exact) mass is 223 g/mol. The van der Waals surface area contributed by atoms with Crippen LogP contribution in [0.3, 0.4) is 0 Å². The number of hydrogen-bond donors (Lipinski definition) is 0. The van der Waals surface area contributed by atoms with Gasteiger partial charge in [0, 0.05) is 23.6 Å². The van der Waals surface area contributed by atoms with Gasteiger partial charge >= 0.3 is 0 Å². The molecule has 0 N–H and O–H groups in total. The molecule has 1 fully saturated rings. The van der Waals surface area contributed by atoms with Crippen molar-refractivity contribution in [1.82, 2.24) is 4.90 Å². The molecule has 0 radical (unpaired) electrons. The van der Waals surface area contributed by atoms with Crippen LogP contribution in [0.5, 0.6) is 0 Å². The van der Waals surface area contributed by atoms with Crippen molar-refractivity contribution in [3.8, 4) is 0 Å². The molecule has 2 heteroatoms. The largest absolute Gasteiger partial charge is 0.310 e. The van der Waals surface area contributed by atoms with Crippen LogP contribution < -0.4 is 0 Å². The first-order valence-corrected chi connectivity index (χ1v) is 6.12. The van der Waals surface area contributed by atoms with Gasteiger partial charge in [0.05, 0.1) is 0 Å². The zero-order valence-corrected chi connectivity index (χ0v) is 11.7. The van der Waals surface area contributed by atoms with E-state index in [9.17, 15) is 4.79 Å². The minimum Gasteiger partial charge on any atom is -0.310 e. The number of likely N-dealkylation sites (tertiary alicyclic amines) is 1. The summed E-state index contributed by atoms with van der Waals surface area (Å²) < 4.78 is 0. The van der Waals surface area contributed by atoms with Gasteiger partial charge in [-0.2, -0.15) is 0 Å². The van der Waals surface area contributed by atoms with Gasteiger partial charge in [-0.3, -0.25) is 4.79 Å². The fourth-order valence-corrected chi connectivity index (χ4v) is 2.21. The van der Waals surface area contributed by atoms with Crippen LogP contribution in [0.2, 0.25) is 0 Å². The molecule has 0 aliphatic carbocycles. The number of carbonyl (C=O) groups is 1. The molecular formula is C14H25NO. The molecule has 92 valence electrons. The smallest absolute Gasteiger partial charge is 0.227 e. The van der Waals surface area contributed by atoms with Gasteiger partial charge in [0.25, 0.3) is 0 Å². The van der Waals surface area contributed by atoms with Gasteiger partial charge in [0.2, 0.25) is 5.91 Å². The molecule has 0 saturated carbocycles. The highest BCUT2D eigenvalue weighted by molar-refractivity contribution is 5.82. The lowest BCUT2D eigenvalue weighted by Crippen LogP contribution is -2.52. The molecular weight excluding hydrogens is 198 g/mol. The Labute approximate surface area is 99.7 Å². The molecule has 0 spiro atoms. The fourth-order valence-electron chi connectivity index (χ4n) is 2.21. The van der Waals surface area contributed by atoms with Gasteiger partial charge in [-0.15, -0.1) is 0 Å². The third-order valence-electron chi connectivity index (χ3n) is 4.18. The second-order valence-electron chi connectivity index (χ2n) is 6.36. The van der Waals surface area contributed by atoms with Crippen LogP contribution in [0.1, 0.15) is 54.9 Å². The Morgan fingerprint density at radius 3 is 2.12 bits per heavy atom. The van der Waals surface area contributed by atoms with Gasteiger partial charge in [-0.25, -0.2) is 0 Å². The topological polar surface area (TPSA) is 20.3 Å². The molecule has 1 unspecified atom stereocenters. The summed E-state index contributed by atoms with van der Waals surface area (Å²) in [7, 11) is 0. The zero-order chi connectivity index (χ0) is 12.7. The minimum atomic E-state index is -0.142. The number of nitrogens with zero attached hydrogens (tertiary/aromatic N) is 1. The normalized spacial score (nSPS) is 25.7. The van der Waals surface area contributed by atoms with Gasteiger partial charge in [-0.05, 0) is 26.2 Å². The standard InChI is InChI=1S/C14H25NO/c1-8-11-10(2)9-12(16)15(11)14(6,7)13(3,4)5/h8,10H,9H2,1-7H3/b11-8-. The predicted molar refractivity (Wildman–Crippen MR) is 67.9 cm³/mol. The van der Waals surface area contributed by atoms with E-state index in [1.165, 1.54) is 5.70 Å². The second kappa shape index (κ2) is 3.90. The number of hydrogen-bond acceptors (Lipinski definition) is 1. The molecule has 1 amide bonds. The van der Waals surface area contributed by atoms with Crippen molar-refractivity contribution < 1.29 is 4.79 Å². The number of allylic oxidation sites excluding steroid dienone is 2. The van der Waals surface area contributed by atoms with Crippen molar-refractivity contribution in [2.75, 3.05) is 0 Å². The van der Waals surface area contributed by atoms with Gasteiger partial charge in [0.1, 0.15) is 0 Å². The van der Waals surface area contributed by atoms with Gasteiger partial charge in [-0.1, -0.05) is 33.8 Å². The highest BCUT2D eigenvalue weighted by Crippen LogP contribution is 2.43. The van der Waals surface area contributed by atoms with Crippen molar-refractivity contribution in [3.05, 3.63) is 11.8 Å². The van der Waals surface area contributed by atoms with Crippen molar-refractivity contribution in [1.29, 1.82) is 0 Å². The van der Waals surface area contributed by atoms with Crippen LogP contribution in [0, 0.1) is 11.3 Å². The Morgan fingerprint density at radius 1 is 1.25 bits per heavy atom. The summed E-state index contributed by atoms with van der Waals surface area (Å²) in [4.78, 5) is 14.1. The highest BCUT2D eigenvalue weighted by atomic mass is 16.2. The predicted octanol–water partition coefficient (Wildman–Crippen LogP) is 3.58. The first kappa shape index (κ1) is 13.3. The first-order chi connectivity index (χ1) is 7.13. The van der Waals surface area contributed by atoms with E-state index in [2.05, 4.69) is 47.6 Å². The Hall–Kier alpha value is -0.790. The van der Waals surface area contributed by atoms with Crippen LogP contribution in [0.25, 0.3) is 0 Å². The average Bonchev–Trinajstić information content (AvgIpc) is 2.38. The third-order valence-corrected chi connectivity index (χ3v) is 4.18.